The fourth-order valence-electron chi connectivity index (χ4n) is 7.09. The largest absolute Gasteiger partial charge is 0.417 e. The molecule has 0 saturated carbocycles. The molecule has 2 aromatic rings. The maximum Gasteiger partial charge on any atom is 0.417 e. The van der Waals surface area contributed by atoms with Crippen molar-refractivity contribution in [3.05, 3.63) is 71.2 Å². The first-order chi connectivity index (χ1) is 21.3. The average Bonchev–Trinajstić information content (AvgIpc) is 3.40. The molecule has 11 heteroatoms. The van der Waals surface area contributed by atoms with E-state index in [9.17, 15) is 18.3 Å². The van der Waals surface area contributed by atoms with E-state index in [1.54, 1.807) is 18.3 Å². The second-order valence-electron chi connectivity index (χ2n) is 12.4. The van der Waals surface area contributed by atoms with Crippen LogP contribution in [0.4, 0.5) is 13.2 Å². The fourth-order valence-corrected chi connectivity index (χ4v) is 8.22. The molecule has 238 valence electrons. The molecular formula is C33H43F3N6OS. The maximum absolute atomic E-state index is 14.0. The zero-order chi connectivity index (χ0) is 30.5. The van der Waals surface area contributed by atoms with Crippen LogP contribution in [0.2, 0.25) is 0 Å². The molecule has 0 radical (unpaired) electrons. The Morgan fingerprint density at radius 2 is 1.73 bits per heavy atom. The standard InChI is InChI=1S/C33H43F3N6OS/c34-33(35,36)29-5-4-26(20-31(29)44-19-18-40-14-2-1-3-15-40)32-28-21-38-13-8-30(28)42(39-32)23-27(43)22-41-16-9-25(10-17-41)24-6-11-37-12-7-24/h4-8,11-13,20,25,27-28,32,39,43H,1-3,9-10,14-19,21-23H2. The van der Waals surface area contributed by atoms with Gasteiger partial charge in [-0.1, -0.05) is 12.5 Å². The summed E-state index contributed by atoms with van der Waals surface area (Å²) < 4.78 is 42.0. The highest BCUT2D eigenvalue weighted by molar-refractivity contribution is 7.99. The van der Waals surface area contributed by atoms with Crippen LogP contribution in [0.15, 0.2) is 64.4 Å². The zero-order valence-electron chi connectivity index (χ0n) is 25.1. The number of aliphatic imine (C=N–C) groups is 1. The third-order valence-corrected chi connectivity index (χ3v) is 10.5. The number of halogens is 3. The Balaban J connectivity index is 1.09. The zero-order valence-corrected chi connectivity index (χ0v) is 25.9. The van der Waals surface area contributed by atoms with Crippen molar-refractivity contribution in [3.63, 3.8) is 0 Å². The molecule has 6 rings (SSSR count). The first kappa shape index (κ1) is 31.5. The number of β-amino-alcohol motifs (C(OH)–C–C–N with tert-alkyl or cyclic N) is 1. The number of rotatable bonds is 10. The van der Waals surface area contributed by atoms with E-state index in [-0.39, 0.29) is 16.9 Å². The number of allylic oxidation sites excluding steroid dienone is 1. The predicted molar refractivity (Wildman–Crippen MR) is 169 cm³/mol. The lowest BCUT2D eigenvalue weighted by atomic mass is 9.90. The number of hydrazine groups is 1. The van der Waals surface area contributed by atoms with Gasteiger partial charge in [0.2, 0.25) is 0 Å². The van der Waals surface area contributed by atoms with E-state index in [0.29, 0.717) is 31.3 Å². The summed E-state index contributed by atoms with van der Waals surface area (Å²) in [5.41, 5.74) is 6.15. The van der Waals surface area contributed by atoms with E-state index in [4.69, 9.17) is 0 Å². The van der Waals surface area contributed by atoms with Crippen molar-refractivity contribution in [3.8, 4) is 0 Å². The summed E-state index contributed by atoms with van der Waals surface area (Å²) in [5, 5.41) is 13.1. The normalized spacial score (nSPS) is 24.4. The first-order valence-corrected chi connectivity index (χ1v) is 16.9. The summed E-state index contributed by atoms with van der Waals surface area (Å²) in [6, 6.07) is 8.54. The second kappa shape index (κ2) is 14.3. The Kier molecular flexibility index (Phi) is 10.3. The van der Waals surface area contributed by atoms with Crippen LogP contribution in [0, 0.1) is 5.92 Å². The molecule has 3 fully saturated rings. The molecule has 44 heavy (non-hydrogen) atoms. The van der Waals surface area contributed by atoms with Gasteiger partial charge in [-0.05, 0) is 99.2 Å². The Hall–Kier alpha value is -2.44. The molecule has 4 aliphatic heterocycles. The van der Waals surface area contributed by atoms with Crippen LogP contribution in [0.25, 0.3) is 0 Å². The van der Waals surface area contributed by atoms with E-state index < -0.39 is 17.8 Å². The van der Waals surface area contributed by atoms with Gasteiger partial charge < -0.3 is 19.9 Å². The lowest BCUT2D eigenvalue weighted by Crippen LogP contribution is -2.44. The number of dihydropyridines is 1. The van der Waals surface area contributed by atoms with Crippen molar-refractivity contribution in [2.24, 2.45) is 10.9 Å². The number of likely N-dealkylation sites (tertiary alicyclic amines) is 2. The number of aliphatic hydroxyl groups excluding tert-OH is 1. The van der Waals surface area contributed by atoms with Crippen molar-refractivity contribution in [1.29, 1.82) is 0 Å². The number of piperidine rings is 2. The molecule has 0 bridgehead atoms. The smallest absolute Gasteiger partial charge is 0.390 e. The van der Waals surface area contributed by atoms with Gasteiger partial charge in [0.1, 0.15) is 0 Å². The average molecular weight is 629 g/mol. The molecule has 3 saturated heterocycles. The Morgan fingerprint density at radius 3 is 2.48 bits per heavy atom. The highest BCUT2D eigenvalue weighted by atomic mass is 32.2. The number of hydrogen-bond acceptors (Lipinski definition) is 8. The number of nitrogens with one attached hydrogen (secondary N) is 1. The molecule has 0 aliphatic carbocycles. The molecule has 3 atom stereocenters. The van der Waals surface area contributed by atoms with Gasteiger partial charge in [-0.15, -0.1) is 11.8 Å². The maximum atomic E-state index is 14.0. The quantitative estimate of drug-likeness (QED) is 0.344. The van der Waals surface area contributed by atoms with Crippen molar-refractivity contribution >= 4 is 18.0 Å². The summed E-state index contributed by atoms with van der Waals surface area (Å²) in [4.78, 5) is 13.6. The van der Waals surface area contributed by atoms with Crippen molar-refractivity contribution in [2.75, 3.05) is 58.1 Å². The highest BCUT2D eigenvalue weighted by Gasteiger charge is 2.40. The van der Waals surface area contributed by atoms with E-state index in [0.717, 1.165) is 69.7 Å². The second-order valence-corrected chi connectivity index (χ2v) is 13.6. The predicted octanol–water partition coefficient (Wildman–Crippen LogP) is 5.36. The van der Waals surface area contributed by atoms with Gasteiger partial charge in [-0.2, -0.15) is 13.2 Å². The van der Waals surface area contributed by atoms with E-state index in [1.807, 2.05) is 23.5 Å². The summed E-state index contributed by atoms with van der Waals surface area (Å²) in [7, 11) is 0. The SMILES string of the molecule is OC(CN1CCC(c2ccncc2)CC1)CN1NC(c2ccc(C(F)(F)F)c(SCCN3CCCCC3)c2)C2CN=CC=C21. The fraction of sp³-hybridized carbons (Fsp3) is 0.576. The number of fused-ring (bicyclic) bond motifs is 1. The molecule has 3 unspecified atom stereocenters. The van der Waals surface area contributed by atoms with Gasteiger partial charge in [0, 0.05) is 60.5 Å². The van der Waals surface area contributed by atoms with Crippen LogP contribution in [0.3, 0.4) is 0 Å². The molecule has 7 nitrogen and oxygen atoms in total. The highest BCUT2D eigenvalue weighted by Crippen LogP contribution is 2.42. The molecule has 1 aromatic carbocycles. The van der Waals surface area contributed by atoms with Crippen molar-refractivity contribution in [2.45, 2.75) is 61.2 Å². The summed E-state index contributed by atoms with van der Waals surface area (Å²) in [5.74, 6) is 1.14. The molecule has 5 heterocycles. The van der Waals surface area contributed by atoms with Gasteiger partial charge in [0.25, 0.3) is 0 Å². The molecular weight excluding hydrogens is 585 g/mol. The number of alkyl halides is 3. The van der Waals surface area contributed by atoms with Crippen LogP contribution < -0.4 is 5.43 Å². The number of aromatic nitrogens is 1. The number of hydrogen-bond donors (Lipinski definition) is 2. The van der Waals surface area contributed by atoms with Crippen LogP contribution in [0.1, 0.15) is 60.8 Å². The minimum Gasteiger partial charge on any atom is -0.390 e. The lowest BCUT2D eigenvalue weighted by molar-refractivity contribution is -0.139. The number of nitrogens with zero attached hydrogens (tertiary/aromatic N) is 5. The third-order valence-electron chi connectivity index (χ3n) is 9.45. The Bertz CT molecular complexity index is 1290. The Morgan fingerprint density at radius 1 is 0.955 bits per heavy atom. The molecule has 0 amide bonds. The van der Waals surface area contributed by atoms with Gasteiger partial charge in [-0.3, -0.25) is 9.98 Å². The number of benzene rings is 1. The van der Waals surface area contributed by atoms with Gasteiger partial charge in [0.05, 0.1) is 24.3 Å². The number of aliphatic hydroxyl groups is 1. The van der Waals surface area contributed by atoms with Crippen molar-refractivity contribution in [1.82, 2.24) is 25.2 Å². The van der Waals surface area contributed by atoms with Gasteiger partial charge in [0.15, 0.2) is 0 Å². The molecule has 2 N–H and O–H groups in total. The van der Waals surface area contributed by atoms with Crippen LogP contribution in [0.5, 0.6) is 0 Å². The minimum absolute atomic E-state index is 0.00811. The van der Waals surface area contributed by atoms with E-state index >= 15 is 0 Å². The van der Waals surface area contributed by atoms with Crippen LogP contribution >= 0.6 is 11.8 Å². The third kappa shape index (κ3) is 7.67. The molecule has 0 spiro atoms. The minimum atomic E-state index is -4.40. The molecule has 4 aliphatic rings. The summed E-state index contributed by atoms with van der Waals surface area (Å²) in [6.07, 6.45) is 8.13. The monoisotopic (exact) mass is 628 g/mol. The summed E-state index contributed by atoms with van der Waals surface area (Å²) in [6.45, 7) is 6.25. The first-order valence-electron chi connectivity index (χ1n) is 16.0. The van der Waals surface area contributed by atoms with Crippen LogP contribution in [-0.4, -0.2) is 95.3 Å². The summed E-state index contributed by atoms with van der Waals surface area (Å²) >= 11 is 1.30. The topological polar surface area (TPSA) is 67.2 Å². The molecule has 1 aromatic heterocycles. The van der Waals surface area contributed by atoms with E-state index in [1.165, 1.54) is 29.8 Å². The van der Waals surface area contributed by atoms with Gasteiger partial charge >= 0.3 is 6.18 Å². The lowest BCUT2D eigenvalue weighted by Gasteiger charge is -2.34. The van der Waals surface area contributed by atoms with Gasteiger partial charge in [-0.25, -0.2) is 5.43 Å². The van der Waals surface area contributed by atoms with E-state index in [2.05, 4.69) is 37.3 Å². The van der Waals surface area contributed by atoms with Crippen molar-refractivity contribution < 1.29 is 18.3 Å². The van der Waals surface area contributed by atoms with Crippen LogP contribution in [-0.2, 0) is 6.18 Å². The number of pyridine rings is 1. The number of thioether (sulfide) groups is 1. The Labute approximate surface area is 262 Å².